The van der Waals surface area contributed by atoms with E-state index in [1.54, 1.807) is 0 Å². The van der Waals surface area contributed by atoms with Gasteiger partial charge in [-0.1, -0.05) is 23.2 Å². The summed E-state index contributed by atoms with van der Waals surface area (Å²) in [7, 11) is -4.01. The second kappa shape index (κ2) is 8.55. The molecule has 0 aliphatic carbocycles. The van der Waals surface area contributed by atoms with Crippen LogP contribution in [0.15, 0.2) is 41.3 Å². The Balaban J connectivity index is 1.84. The maximum atomic E-state index is 14.1. The molecule has 0 saturated carbocycles. The van der Waals surface area contributed by atoms with Crippen molar-refractivity contribution in [3.05, 3.63) is 56.6 Å². The van der Waals surface area contributed by atoms with E-state index >= 15 is 0 Å². The van der Waals surface area contributed by atoms with E-state index in [9.17, 15) is 18.5 Å². The lowest BCUT2D eigenvalue weighted by atomic mass is 10.2. The Kier molecular flexibility index (Phi) is 6.15. The number of ether oxygens (including phenoxy) is 1. The van der Waals surface area contributed by atoms with Gasteiger partial charge < -0.3 is 10.1 Å². The zero-order valence-corrected chi connectivity index (χ0v) is 18.9. The molecule has 2 aliphatic rings. The number of rotatable bonds is 6. The molecule has 1 unspecified atom stereocenters. The van der Waals surface area contributed by atoms with Crippen molar-refractivity contribution in [2.24, 2.45) is 0 Å². The molecular weight excluding hydrogens is 465 g/mol. The number of nitrogens with zero attached hydrogens (tertiary/aromatic N) is 2. The van der Waals surface area contributed by atoms with E-state index in [1.165, 1.54) is 30.3 Å². The van der Waals surface area contributed by atoms with Crippen LogP contribution < -0.4 is 10.1 Å². The van der Waals surface area contributed by atoms with Gasteiger partial charge in [0.05, 0.1) is 18.0 Å². The molecule has 8 nitrogen and oxygen atoms in total. The van der Waals surface area contributed by atoms with Gasteiger partial charge in [-0.25, -0.2) is 3.89 Å². The summed E-state index contributed by atoms with van der Waals surface area (Å²) in [6.45, 7) is 2.29. The van der Waals surface area contributed by atoms with E-state index in [2.05, 4.69) is 5.32 Å². The van der Waals surface area contributed by atoms with Crippen LogP contribution in [-0.4, -0.2) is 49.5 Å². The van der Waals surface area contributed by atoms with Gasteiger partial charge in [-0.15, -0.1) is 0 Å². The number of nitrogens with one attached hydrogen (secondary N) is 1. The van der Waals surface area contributed by atoms with Crippen molar-refractivity contribution in [1.29, 1.82) is 0 Å². The molecule has 0 radical (unpaired) electrons. The van der Waals surface area contributed by atoms with Crippen molar-refractivity contribution in [2.75, 3.05) is 26.2 Å². The molecule has 2 aromatic rings. The lowest BCUT2D eigenvalue weighted by Crippen LogP contribution is -2.57. The molecule has 2 aliphatic heterocycles. The normalized spacial score (nSPS) is 20.6. The Morgan fingerprint density at radius 1 is 1.10 bits per heavy atom. The molecule has 4 rings (SSSR count). The van der Waals surface area contributed by atoms with Gasteiger partial charge in [0.15, 0.2) is 10.6 Å². The summed E-state index contributed by atoms with van der Waals surface area (Å²) in [6.07, 6.45) is 2.30. The van der Waals surface area contributed by atoms with Gasteiger partial charge in [0.2, 0.25) is 0 Å². The maximum absolute atomic E-state index is 14.1. The highest BCUT2D eigenvalue weighted by atomic mass is 35.5. The van der Waals surface area contributed by atoms with Crippen LogP contribution in [-0.2, 0) is 10.0 Å². The third-order valence-corrected chi connectivity index (χ3v) is 8.91. The van der Waals surface area contributed by atoms with E-state index in [4.69, 9.17) is 27.9 Å². The Morgan fingerprint density at radius 2 is 1.77 bits per heavy atom. The first kappa shape index (κ1) is 22.3. The fraction of sp³-hybridized carbons (Fsp3) is 0.400. The Morgan fingerprint density at radius 3 is 2.35 bits per heavy atom. The highest BCUT2D eigenvalue weighted by Crippen LogP contribution is 2.41. The standard InChI is InChI=1S/C20H22Cl2N3O5S/c21-14-9-15(22)11-18(10-14)30-19-4-3-16(24(26)27)12-20(19)31(28,29)25(7-1-2-8-25)17-5-6-23-13-17/h3-4,9-12,17,23H,1-2,5-8,13H2/q+1. The van der Waals surface area contributed by atoms with Crippen LogP contribution in [0.4, 0.5) is 5.69 Å². The van der Waals surface area contributed by atoms with Crippen LogP contribution in [0.3, 0.4) is 0 Å². The number of sulfonamides is 1. The molecule has 0 spiro atoms. The molecule has 2 fully saturated rings. The van der Waals surface area contributed by atoms with Gasteiger partial charge in [-0.2, -0.15) is 8.42 Å². The van der Waals surface area contributed by atoms with E-state index < -0.39 is 14.9 Å². The van der Waals surface area contributed by atoms with Crippen molar-refractivity contribution in [1.82, 2.24) is 5.32 Å². The van der Waals surface area contributed by atoms with E-state index in [-0.39, 0.29) is 32.0 Å². The van der Waals surface area contributed by atoms with Crippen molar-refractivity contribution in [3.8, 4) is 11.5 Å². The average molecular weight is 487 g/mol. The zero-order valence-electron chi connectivity index (χ0n) is 16.6. The maximum Gasteiger partial charge on any atom is 0.331 e. The van der Waals surface area contributed by atoms with Crippen molar-refractivity contribution in [2.45, 2.75) is 30.2 Å². The summed E-state index contributed by atoms with van der Waals surface area (Å²) >= 11 is 12.1. The van der Waals surface area contributed by atoms with Crippen molar-refractivity contribution in [3.63, 3.8) is 0 Å². The zero-order chi connectivity index (χ0) is 22.2. The first-order valence-electron chi connectivity index (χ1n) is 9.98. The molecule has 0 amide bonds. The Hall–Kier alpha value is -1.91. The lowest BCUT2D eigenvalue weighted by Gasteiger charge is -2.37. The van der Waals surface area contributed by atoms with Crippen LogP contribution >= 0.6 is 23.2 Å². The summed E-state index contributed by atoms with van der Waals surface area (Å²) in [5, 5.41) is 15.3. The van der Waals surface area contributed by atoms with Gasteiger partial charge in [-0.05, 0) is 24.3 Å². The molecule has 2 aromatic carbocycles. The van der Waals surface area contributed by atoms with E-state index in [0.717, 1.165) is 31.9 Å². The molecule has 0 aromatic heterocycles. The molecule has 2 saturated heterocycles. The number of hydrogen-bond acceptors (Lipinski definition) is 6. The number of quaternary nitrogens is 1. The van der Waals surface area contributed by atoms with Crippen LogP contribution in [0.5, 0.6) is 11.5 Å². The smallest absolute Gasteiger partial charge is 0.331 e. The molecular formula is C20H22Cl2N3O5S+. The lowest BCUT2D eigenvalue weighted by molar-refractivity contribution is -0.817. The number of likely N-dealkylation sites (tertiary alicyclic amines) is 1. The van der Waals surface area contributed by atoms with E-state index in [0.29, 0.717) is 29.7 Å². The summed E-state index contributed by atoms with van der Waals surface area (Å²) in [6, 6.07) is 8.07. The van der Waals surface area contributed by atoms with Crippen LogP contribution in [0.25, 0.3) is 0 Å². The summed E-state index contributed by atoms with van der Waals surface area (Å²) in [5.74, 6) is 0.262. The summed E-state index contributed by atoms with van der Waals surface area (Å²) < 4.78 is 33.9. The average Bonchev–Trinajstić information content (AvgIpc) is 3.40. The predicted molar refractivity (Wildman–Crippen MR) is 117 cm³/mol. The fourth-order valence-electron chi connectivity index (χ4n) is 4.52. The predicted octanol–water partition coefficient (Wildman–Crippen LogP) is 4.36. The minimum Gasteiger partial charge on any atom is -0.456 e. The minimum absolute atomic E-state index is 0.0132. The quantitative estimate of drug-likeness (QED) is 0.370. The van der Waals surface area contributed by atoms with Gasteiger partial charge in [-0.3, -0.25) is 10.1 Å². The van der Waals surface area contributed by atoms with Crippen LogP contribution in [0.1, 0.15) is 19.3 Å². The van der Waals surface area contributed by atoms with Gasteiger partial charge >= 0.3 is 10.0 Å². The third kappa shape index (κ3) is 4.12. The summed E-state index contributed by atoms with van der Waals surface area (Å²) in [4.78, 5) is 10.6. The number of nitro benzene ring substituents is 1. The highest BCUT2D eigenvalue weighted by Gasteiger charge is 2.53. The van der Waals surface area contributed by atoms with Crippen molar-refractivity contribution >= 4 is 38.9 Å². The second-order valence-electron chi connectivity index (χ2n) is 7.82. The topological polar surface area (TPSA) is 98.5 Å². The molecule has 166 valence electrons. The Labute approximate surface area is 190 Å². The summed E-state index contributed by atoms with van der Waals surface area (Å²) in [5.41, 5.74) is -0.308. The Bertz CT molecular complexity index is 1090. The molecule has 2 heterocycles. The number of nitro groups is 1. The first-order valence-corrected chi connectivity index (χ1v) is 12.2. The number of benzene rings is 2. The van der Waals surface area contributed by atoms with Crippen LogP contribution in [0, 0.1) is 10.1 Å². The fourth-order valence-corrected chi connectivity index (χ4v) is 7.36. The highest BCUT2D eigenvalue weighted by molar-refractivity contribution is 7.86. The largest absolute Gasteiger partial charge is 0.456 e. The molecule has 11 heteroatoms. The molecule has 1 atom stereocenters. The molecule has 1 N–H and O–H groups in total. The number of hydrogen-bond donors (Lipinski definition) is 1. The number of non-ortho nitro benzene ring substituents is 1. The minimum atomic E-state index is -4.01. The molecule has 31 heavy (non-hydrogen) atoms. The van der Waals surface area contributed by atoms with Gasteiger partial charge in [0.1, 0.15) is 11.8 Å². The van der Waals surface area contributed by atoms with E-state index in [1.807, 2.05) is 0 Å². The monoisotopic (exact) mass is 486 g/mol. The molecule has 0 bridgehead atoms. The van der Waals surface area contributed by atoms with Crippen molar-refractivity contribution < 1.29 is 22.0 Å². The van der Waals surface area contributed by atoms with Gasteiger partial charge in [0, 0.05) is 54.5 Å². The van der Waals surface area contributed by atoms with Crippen LogP contribution in [0.2, 0.25) is 10.0 Å². The second-order valence-corrected chi connectivity index (χ2v) is 10.8. The third-order valence-electron chi connectivity index (χ3n) is 5.98. The number of halogens is 2. The van der Waals surface area contributed by atoms with Gasteiger partial charge in [0.25, 0.3) is 5.69 Å². The first-order chi connectivity index (χ1) is 14.7. The SMILES string of the molecule is O=[N+]([O-])c1ccc(Oc2cc(Cl)cc(Cl)c2)c(S(=O)(=O)[N+]2(C3CCNC3)CCCC2)c1.